The number of hydrogen-bond donors (Lipinski definition) is 0. The van der Waals surface area contributed by atoms with Gasteiger partial charge in [-0.15, -0.1) is 0 Å². The first kappa shape index (κ1) is 15.1. The summed E-state index contributed by atoms with van der Waals surface area (Å²) in [6.45, 7) is 2.03. The van der Waals surface area contributed by atoms with E-state index in [4.69, 9.17) is 4.74 Å². The topological polar surface area (TPSA) is 35.5 Å². The first-order valence-electron chi connectivity index (χ1n) is 7.06. The zero-order valence-corrected chi connectivity index (χ0v) is 12.4. The third-order valence-electron chi connectivity index (χ3n) is 3.35. The molecule has 2 aromatic rings. The minimum absolute atomic E-state index is 0.00659. The number of ether oxygens (including phenoxy) is 2. The number of benzene rings is 2. The van der Waals surface area contributed by atoms with Crippen molar-refractivity contribution in [3.8, 4) is 5.75 Å². The van der Waals surface area contributed by atoms with Crippen molar-refractivity contribution in [3.05, 3.63) is 65.7 Å². The maximum absolute atomic E-state index is 11.1. The van der Waals surface area contributed by atoms with Crippen LogP contribution in [0.25, 0.3) is 0 Å². The van der Waals surface area contributed by atoms with Crippen LogP contribution in [0.5, 0.6) is 5.75 Å². The fourth-order valence-corrected chi connectivity index (χ4v) is 2.08. The molecule has 3 nitrogen and oxygen atoms in total. The highest BCUT2D eigenvalue weighted by molar-refractivity contribution is 5.69. The average molecular weight is 284 g/mol. The van der Waals surface area contributed by atoms with Gasteiger partial charge in [0.25, 0.3) is 0 Å². The van der Waals surface area contributed by atoms with E-state index >= 15 is 0 Å². The first-order valence-corrected chi connectivity index (χ1v) is 7.06. The van der Waals surface area contributed by atoms with Gasteiger partial charge in [-0.05, 0) is 36.6 Å². The highest BCUT2D eigenvalue weighted by atomic mass is 16.5. The van der Waals surface area contributed by atoms with Crippen LogP contribution in [-0.4, -0.2) is 13.1 Å². The first-order chi connectivity index (χ1) is 10.2. The Kier molecular flexibility index (Phi) is 5.38. The zero-order chi connectivity index (χ0) is 15.1. The van der Waals surface area contributed by atoms with Gasteiger partial charge in [-0.1, -0.05) is 42.5 Å². The third-order valence-corrected chi connectivity index (χ3v) is 3.35. The number of rotatable bonds is 6. The van der Waals surface area contributed by atoms with Gasteiger partial charge in [0.2, 0.25) is 0 Å². The predicted octanol–water partition coefficient (Wildman–Crippen LogP) is 3.93. The molecule has 0 aliphatic rings. The van der Waals surface area contributed by atoms with E-state index in [1.165, 1.54) is 7.11 Å². The summed E-state index contributed by atoms with van der Waals surface area (Å²) in [6, 6.07) is 17.9. The lowest BCUT2D eigenvalue weighted by Crippen LogP contribution is -2.03. The number of esters is 1. The zero-order valence-electron chi connectivity index (χ0n) is 12.4. The molecule has 0 bridgehead atoms. The predicted molar refractivity (Wildman–Crippen MR) is 82.3 cm³/mol. The molecule has 0 aliphatic carbocycles. The van der Waals surface area contributed by atoms with E-state index in [9.17, 15) is 4.79 Å². The van der Waals surface area contributed by atoms with Crippen LogP contribution < -0.4 is 4.74 Å². The summed E-state index contributed by atoms with van der Waals surface area (Å²) in [7, 11) is 1.41. The Balaban J connectivity index is 1.92. The molecule has 0 radical (unpaired) electrons. The molecule has 0 spiro atoms. The van der Waals surface area contributed by atoms with E-state index in [1.807, 2.05) is 49.4 Å². The van der Waals surface area contributed by atoms with Crippen LogP contribution in [0.1, 0.15) is 30.6 Å². The smallest absolute Gasteiger partial charge is 0.305 e. The summed E-state index contributed by atoms with van der Waals surface area (Å²) in [4.78, 5) is 11.1. The monoisotopic (exact) mass is 284 g/mol. The van der Waals surface area contributed by atoms with Gasteiger partial charge in [0.1, 0.15) is 11.9 Å². The Morgan fingerprint density at radius 3 is 2.33 bits per heavy atom. The molecule has 0 amide bonds. The van der Waals surface area contributed by atoms with Crippen LogP contribution >= 0.6 is 0 Å². The van der Waals surface area contributed by atoms with Crippen molar-refractivity contribution in [2.24, 2.45) is 0 Å². The van der Waals surface area contributed by atoms with Gasteiger partial charge >= 0.3 is 5.97 Å². The van der Waals surface area contributed by atoms with Gasteiger partial charge in [-0.25, -0.2) is 0 Å². The molecule has 3 heteroatoms. The van der Waals surface area contributed by atoms with Crippen LogP contribution in [-0.2, 0) is 16.0 Å². The number of methoxy groups -OCH3 is 1. The summed E-state index contributed by atoms with van der Waals surface area (Å²) in [5.74, 6) is 0.640. The maximum Gasteiger partial charge on any atom is 0.305 e. The molecular weight excluding hydrogens is 264 g/mol. The van der Waals surface area contributed by atoms with Gasteiger partial charge in [0.05, 0.1) is 7.11 Å². The summed E-state index contributed by atoms with van der Waals surface area (Å²) >= 11 is 0. The lowest BCUT2D eigenvalue weighted by Gasteiger charge is -2.15. The second kappa shape index (κ2) is 7.48. The van der Waals surface area contributed by atoms with Crippen molar-refractivity contribution in [2.75, 3.05) is 7.11 Å². The largest absolute Gasteiger partial charge is 0.486 e. The van der Waals surface area contributed by atoms with Crippen LogP contribution in [0, 0.1) is 0 Å². The van der Waals surface area contributed by atoms with Crippen molar-refractivity contribution in [2.45, 2.75) is 25.9 Å². The fraction of sp³-hybridized carbons (Fsp3) is 0.278. The Morgan fingerprint density at radius 1 is 1.05 bits per heavy atom. The standard InChI is InChI=1S/C18H20O3/c1-14(16-6-4-3-5-7-16)21-17-11-8-15(9-12-17)10-13-18(19)20-2/h3-9,11-12,14H,10,13H2,1-2H3. The summed E-state index contributed by atoms with van der Waals surface area (Å²) < 4.78 is 10.5. The summed E-state index contributed by atoms with van der Waals surface area (Å²) in [5.41, 5.74) is 2.24. The van der Waals surface area contributed by atoms with Crippen molar-refractivity contribution >= 4 is 5.97 Å². The Hall–Kier alpha value is -2.29. The van der Waals surface area contributed by atoms with Crippen molar-refractivity contribution in [3.63, 3.8) is 0 Å². The summed E-state index contributed by atoms with van der Waals surface area (Å²) in [5, 5.41) is 0. The third kappa shape index (κ3) is 4.63. The molecule has 0 heterocycles. The average Bonchev–Trinajstić information content (AvgIpc) is 2.54. The van der Waals surface area contributed by atoms with Crippen LogP contribution in [0.2, 0.25) is 0 Å². The van der Waals surface area contributed by atoms with Gasteiger partial charge in [-0.3, -0.25) is 4.79 Å². The van der Waals surface area contributed by atoms with E-state index in [1.54, 1.807) is 0 Å². The van der Waals surface area contributed by atoms with E-state index in [2.05, 4.69) is 16.9 Å². The quantitative estimate of drug-likeness (QED) is 0.754. The maximum atomic E-state index is 11.1. The van der Waals surface area contributed by atoms with Crippen molar-refractivity contribution in [1.82, 2.24) is 0 Å². The molecule has 0 fully saturated rings. The van der Waals surface area contributed by atoms with E-state index < -0.39 is 0 Å². The SMILES string of the molecule is COC(=O)CCc1ccc(OC(C)c2ccccc2)cc1. The molecule has 2 aromatic carbocycles. The second-order valence-electron chi connectivity index (χ2n) is 4.89. The van der Waals surface area contributed by atoms with E-state index in [0.29, 0.717) is 12.8 Å². The number of aryl methyl sites for hydroxylation is 1. The molecule has 110 valence electrons. The molecular formula is C18H20O3. The Morgan fingerprint density at radius 2 is 1.71 bits per heavy atom. The second-order valence-corrected chi connectivity index (χ2v) is 4.89. The normalized spacial score (nSPS) is 11.7. The van der Waals surface area contributed by atoms with Gasteiger partial charge in [0.15, 0.2) is 0 Å². The van der Waals surface area contributed by atoms with Crippen molar-refractivity contribution in [1.29, 1.82) is 0 Å². The fourth-order valence-electron chi connectivity index (χ4n) is 2.08. The number of carbonyl (C=O) groups is 1. The molecule has 1 atom stereocenters. The Bertz CT molecular complexity index is 561. The van der Waals surface area contributed by atoms with Gasteiger partial charge < -0.3 is 9.47 Å². The minimum Gasteiger partial charge on any atom is -0.486 e. The number of carbonyl (C=O) groups excluding carboxylic acids is 1. The molecule has 0 aliphatic heterocycles. The van der Waals surface area contributed by atoms with Gasteiger partial charge in [0, 0.05) is 6.42 Å². The van der Waals surface area contributed by atoms with E-state index in [0.717, 1.165) is 16.9 Å². The highest BCUT2D eigenvalue weighted by Crippen LogP contribution is 2.22. The number of hydrogen-bond acceptors (Lipinski definition) is 3. The molecule has 21 heavy (non-hydrogen) atoms. The molecule has 2 rings (SSSR count). The van der Waals surface area contributed by atoms with Crippen LogP contribution in [0.3, 0.4) is 0 Å². The highest BCUT2D eigenvalue weighted by Gasteiger charge is 2.07. The van der Waals surface area contributed by atoms with E-state index in [-0.39, 0.29) is 12.1 Å². The van der Waals surface area contributed by atoms with Crippen LogP contribution in [0.15, 0.2) is 54.6 Å². The lowest BCUT2D eigenvalue weighted by atomic mass is 10.1. The lowest BCUT2D eigenvalue weighted by molar-refractivity contribution is -0.140. The molecule has 0 saturated carbocycles. The Labute approximate surface area is 125 Å². The molecule has 0 saturated heterocycles. The molecule has 1 unspecified atom stereocenters. The van der Waals surface area contributed by atoms with Gasteiger partial charge in [-0.2, -0.15) is 0 Å². The van der Waals surface area contributed by atoms with Crippen molar-refractivity contribution < 1.29 is 14.3 Å². The molecule has 0 aromatic heterocycles. The summed E-state index contributed by atoms with van der Waals surface area (Å²) in [6.07, 6.45) is 1.09. The molecule has 0 N–H and O–H groups in total. The minimum atomic E-state index is -0.187. The van der Waals surface area contributed by atoms with Crippen LogP contribution in [0.4, 0.5) is 0 Å².